The molecular formula is C26H28N2O3. The predicted octanol–water partition coefficient (Wildman–Crippen LogP) is 3.06. The van der Waals surface area contributed by atoms with E-state index in [0.29, 0.717) is 25.3 Å². The molecule has 2 bridgehead atoms. The number of hydrogen-bond donors (Lipinski definition) is 1. The van der Waals surface area contributed by atoms with Crippen LogP contribution in [0.5, 0.6) is 0 Å². The van der Waals surface area contributed by atoms with Crippen molar-refractivity contribution in [3.05, 3.63) is 71.1 Å². The van der Waals surface area contributed by atoms with Crippen molar-refractivity contribution in [3.63, 3.8) is 0 Å². The Balaban J connectivity index is 1.63. The molecule has 0 spiro atoms. The first-order chi connectivity index (χ1) is 15.1. The van der Waals surface area contributed by atoms with Crippen LogP contribution in [-0.2, 0) is 16.0 Å². The molecule has 5 nitrogen and oxygen atoms in total. The van der Waals surface area contributed by atoms with Crippen molar-refractivity contribution in [2.75, 3.05) is 26.2 Å². The van der Waals surface area contributed by atoms with Gasteiger partial charge in [-0.05, 0) is 56.6 Å². The molecule has 160 valence electrons. The second-order valence-electron chi connectivity index (χ2n) is 8.20. The van der Waals surface area contributed by atoms with Crippen molar-refractivity contribution < 1.29 is 14.6 Å². The lowest BCUT2D eigenvalue weighted by Crippen LogP contribution is -2.58. The van der Waals surface area contributed by atoms with Crippen LogP contribution in [0.25, 0.3) is 6.08 Å². The highest BCUT2D eigenvalue weighted by atomic mass is 16.5. The van der Waals surface area contributed by atoms with Crippen molar-refractivity contribution in [2.45, 2.75) is 31.8 Å². The van der Waals surface area contributed by atoms with Gasteiger partial charge in [-0.2, -0.15) is 0 Å². The molecule has 3 saturated heterocycles. The van der Waals surface area contributed by atoms with Crippen LogP contribution in [0.15, 0.2) is 48.5 Å². The fourth-order valence-electron chi connectivity index (χ4n) is 4.35. The summed E-state index contributed by atoms with van der Waals surface area (Å²) in [5, 5.41) is 11.2. The Morgan fingerprint density at radius 2 is 2.03 bits per heavy atom. The van der Waals surface area contributed by atoms with Crippen LogP contribution < -0.4 is 0 Å². The Morgan fingerprint density at radius 3 is 2.71 bits per heavy atom. The van der Waals surface area contributed by atoms with Crippen LogP contribution in [0.1, 0.15) is 42.3 Å². The number of rotatable bonds is 5. The molecule has 5 rings (SSSR count). The van der Waals surface area contributed by atoms with Crippen LogP contribution in [-0.4, -0.2) is 52.8 Å². The Labute approximate surface area is 183 Å². The minimum absolute atomic E-state index is 0.238. The number of aromatic nitrogens is 1. The summed E-state index contributed by atoms with van der Waals surface area (Å²) in [5.41, 5.74) is 2.48. The first kappa shape index (κ1) is 21.3. The van der Waals surface area contributed by atoms with Gasteiger partial charge in [0.1, 0.15) is 5.60 Å². The Morgan fingerprint density at radius 1 is 1.26 bits per heavy atom. The Bertz CT molecular complexity index is 1010. The third kappa shape index (κ3) is 5.22. The maximum atomic E-state index is 11.6. The third-order valence-corrected chi connectivity index (χ3v) is 6.03. The molecule has 1 unspecified atom stereocenters. The van der Waals surface area contributed by atoms with Crippen LogP contribution in [0, 0.1) is 17.8 Å². The van der Waals surface area contributed by atoms with Gasteiger partial charge in [0.2, 0.25) is 0 Å². The highest BCUT2D eigenvalue weighted by molar-refractivity contribution is 5.86. The zero-order chi connectivity index (χ0) is 21.7. The fraction of sp³-hybridized carbons (Fsp3) is 0.385. The first-order valence-electron chi connectivity index (χ1n) is 10.9. The molecule has 1 N–H and O–H groups in total. The highest BCUT2D eigenvalue weighted by Crippen LogP contribution is 2.35. The molecule has 0 aliphatic carbocycles. The molecule has 0 amide bonds. The summed E-state index contributed by atoms with van der Waals surface area (Å²) in [6, 6.07) is 13.9. The van der Waals surface area contributed by atoms with E-state index in [-0.39, 0.29) is 11.9 Å². The standard InChI is InChI=1S/C26H28N2O3/c1-2-31-25(29)11-10-23-9-8-21(24(27-23)18-20-6-4-3-5-7-20)12-15-26(30)19-28-16-13-22(26)14-17-28/h3-11,22,30H,2,13-14,16-19H2,1H3/b11-10+. The number of carbonyl (C=O) groups is 1. The van der Waals surface area contributed by atoms with E-state index >= 15 is 0 Å². The maximum Gasteiger partial charge on any atom is 0.330 e. The van der Waals surface area contributed by atoms with Crippen LogP contribution in [0.2, 0.25) is 0 Å². The molecule has 1 aromatic carbocycles. The molecule has 31 heavy (non-hydrogen) atoms. The minimum atomic E-state index is -0.955. The van der Waals surface area contributed by atoms with Crippen LogP contribution in [0.3, 0.4) is 0 Å². The molecule has 3 fully saturated rings. The monoisotopic (exact) mass is 416 g/mol. The molecule has 1 aromatic heterocycles. The molecule has 3 aliphatic rings. The van der Waals surface area contributed by atoms with Crippen molar-refractivity contribution in [3.8, 4) is 11.8 Å². The van der Waals surface area contributed by atoms with Gasteiger partial charge in [-0.3, -0.25) is 9.88 Å². The summed E-state index contributed by atoms with van der Waals surface area (Å²) in [4.78, 5) is 18.7. The van der Waals surface area contributed by atoms with Gasteiger partial charge in [0, 0.05) is 30.5 Å². The summed E-state index contributed by atoms with van der Waals surface area (Å²) in [5.74, 6) is 6.28. The molecular weight excluding hydrogens is 388 g/mol. The summed E-state index contributed by atoms with van der Waals surface area (Å²) in [6.07, 6.45) is 5.67. The second-order valence-corrected chi connectivity index (χ2v) is 8.20. The largest absolute Gasteiger partial charge is 0.463 e. The number of benzene rings is 1. The maximum absolute atomic E-state index is 11.6. The van der Waals surface area contributed by atoms with E-state index in [4.69, 9.17) is 9.72 Å². The molecule has 0 saturated carbocycles. The molecule has 5 heteroatoms. The van der Waals surface area contributed by atoms with E-state index < -0.39 is 5.60 Å². The van der Waals surface area contributed by atoms with Gasteiger partial charge >= 0.3 is 5.97 Å². The van der Waals surface area contributed by atoms with Gasteiger partial charge in [0.05, 0.1) is 18.0 Å². The van der Waals surface area contributed by atoms with Gasteiger partial charge < -0.3 is 9.84 Å². The summed E-state index contributed by atoms with van der Waals surface area (Å²) >= 11 is 0. The van der Waals surface area contributed by atoms with E-state index in [0.717, 1.165) is 42.8 Å². The third-order valence-electron chi connectivity index (χ3n) is 6.03. The average Bonchev–Trinajstić information content (AvgIpc) is 2.79. The number of aliphatic hydroxyl groups is 1. The van der Waals surface area contributed by atoms with Crippen LogP contribution in [0.4, 0.5) is 0 Å². The van der Waals surface area contributed by atoms with Gasteiger partial charge in [0.15, 0.2) is 0 Å². The first-order valence-corrected chi connectivity index (χ1v) is 10.9. The number of carbonyl (C=O) groups excluding carboxylic acids is 1. The fourth-order valence-corrected chi connectivity index (χ4v) is 4.35. The lowest BCUT2D eigenvalue weighted by molar-refractivity contribution is -0.137. The number of pyridine rings is 1. The Kier molecular flexibility index (Phi) is 6.50. The normalized spacial score (nSPS) is 24.6. The second kappa shape index (κ2) is 9.47. The minimum Gasteiger partial charge on any atom is -0.463 e. The molecule has 4 heterocycles. The van der Waals surface area contributed by atoms with Crippen molar-refractivity contribution in [2.24, 2.45) is 5.92 Å². The topological polar surface area (TPSA) is 62.7 Å². The lowest BCUT2D eigenvalue weighted by Gasteiger charge is -2.47. The zero-order valence-corrected chi connectivity index (χ0v) is 17.9. The average molecular weight is 417 g/mol. The van der Waals surface area contributed by atoms with Crippen molar-refractivity contribution >= 4 is 12.0 Å². The smallest absolute Gasteiger partial charge is 0.330 e. The summed E-state index contributed by atoms with van der Waals surface area (Å²) < 4.78 is 4.95. The molecule has 2 aromatic rings. The van der Waals surface area contributed by atoms with E-state index in [1.807, 2.05) is 30.3 Å². The van der Waals surface area contributed by atoms with Crippen LogP contribution >= 0.6 is 0 Å². The highest BCUT2D eigenvalue weighted by Gasteiger charge is 2.44. The van der Waals surface area contributed by atoms with E-state index in [1.54, 1.807) is 13.0 Å². The van der Waals surface area contributed by atoms with E-state index in [9.17, 15) is 9.90 Å². The van der Waals surface area contributed by atoms with E-state index in [1.165, 1.54) is 6.08 Å². The SMILES string of the molecule is CCOC(=O)/C=C/c1ccc(C#CC2(O)CN3CCC2CC3)c(Cc2ccccc2)n1. The number of piperidine rings is 3. The Hall–Kier alpha value is -2.94. The van der Waals surface area contributed by atoms with Gasteiger partial charge in [-0.15, -0.1) is 0 Å². The quantitative estimate of drug-likeness (QED) is 0.461. The number of esters is 1. The lowest BCUT2D eigenvalue weighted by atomic mass is 9.75. The van der Waals surface area contributed by atoms with Gasteiger partial charge in [0.25, 0.3) is 0 Å². The van der Waals surface area contributed by atoms with Crippen molar-refractivity contribution in [1.29, 1.82) is 0 Å². The number of ether oxygens (including phenoxy) is 1. The molecule has 3 aliphatic heterocycles. The molecule has 1 atom stereocenters. The van der Waals surface area contributed by atoms with Gasteiger partial charge in [-0.1, -0.05) is 42.2 Å². The number of hydrogen-bond acceptors (Lipinski definition) is 5. The van der Waals surface area contributed by atoms with E-state index in [2.05, 4.69) is 28.9 Å². The summed E-state index contributed by atoms with van der Waals surface area (Å²) in [6.45, 7) is 4.84. The molecule has 0 radical (unpaired) electrons. The van der Waals surface area contributed by atoms with Crippen molar-refractivity contribution in [1.82, 2.24) is 9.88 Å². The summed E-state index contributed by atoms with van der Waals surface area (Å²) in [7, 11) is 0. The number of fused-ring (bicyclic) bond motifs is 3. The zero-order valence-electron chi connectivity index (χ0n) is 17.9. The van der Waals surface area contributed by atoms with Gasteiger partial charge in [-0.25, -0.2) is 4.79 Å². The number of nitrogens with zero attached hydrogens (tertiary/aromatic N) is 2. The predicted molar refractivity (Wildman–Crippen MR) is 120 cm³/mol.